The van der Waals surface area contributed by atoms with Crippen molar-refractivity contribution < 1.29 is 14.8 Å². The molecule has 0 spiro atoms. The second-order valence-corrected chi connectivity index (χ2v) is 3.13. The number of nitrogens with one attached hydrogen (secondary N) is 1. The molecule has 0 radical (unpaired) electrons. The van der Waals surface area contributed by atoms with E-state index in [1.54, 1.807) is 6.07 Å². The van der Waals surface area contributed by atoms with Crippen molar-refractivity contribution in [3.05, 3.63) is 33.9 Å². The van der Waals surface area contributed by atoms with Crippen molar-refractivity contribution in [3.8, 4) is 11.8 Å². The van der Waals surface area contributed by atoms with E-state index in [-0.39, 0.29) is 23.4 Å². The van der Waals surface area contributed by atoms with Crippen molar-refractivity contribution in [1.82, 2.24) is 5.43 Å². The number of carbonyl (C=O) groups is 1. The number of hydrazone groups is 1. The predicted octanol–water partition coefficient (Wildman–Crippen LogP) is 0.664. The van der Waals surface area contributed by atoms with Gasteiger partial charge < -0.3 is 5.11 Å². The van der Waals surface area contributed by atoms with E-state index in [0.717, 1.165) is 18.3 Å². The van der Waals surface area contributed by atoms with Gasteiger partial charge >= 0.3 is 0 Å². The Morgan fingerprint density at radius 1 is 1.67 bits per heavy atom. The molecule has 0 atom stereocenters. The maximum absolute atomic E-state index is 10.9. The molecule has 0 bridgehead atoms. The van der Waals surface area contributed by atoms with E-state index in [2.05, 4.69) is 5.10 Å². The largest absolute Gasteiger partial charge is 0.508 e. The van der Waals surface area contributed by atoms with Gasteiger partial charge in [0.25, 0.3) is 11.6 Å². The van der Waals surface area contributed by atoms with E-state index in [9.17, 15) is 20.0 Å². The fraction of sp³-hybridized carbons (Fsp3) is 0.100. The number of nitriles is 1. The van der Waals surface area contributed by atoms with E-state index < -0.39 is 10.8 Å². The number of phenols is 1. The molecular weight excluding hydrogens is 240 g/mol. The van der Waals surface area contributed by atoms with Crippen LogP contribution in [0.15, 0.2) is 23.3 Å². The average molecular weight is 248 g/mol. The fourth-order valence-corrected chi connectivity index (χ4v) is 1.10. The first-order valence-corrected chi connectivity index (χ1v) is 4.71. The van der Waals surface area contributed by atoms with E-state index in [1.165, 1.54) is 6.07 Å². The van der Waals surface area contributed by atoms with Gasteiger partial charge in [-0.25, -0.2) is 5.43 Å². The summed E-state index contributed by atoms with van der Waals surface area (Å²) in [6.45, 7) is 0. The SMILES string of the molecule is N#CCC(=O)N/N=C/c1cc(O)ccc1[N+](=O)[O-]. The molecule has 1 aromatic carbocycles. The van der Waals surface area contributed by atoms with Gasteiger partial charge in [-0.3, -0.25) is 14.9 Å². The molecule has 0 saturated carbocycles. The minimum absolute atomic E-state index is 0.0391. The van der Waals surface area contributed by atoms with Gasteiger partial charge in [0, 0.05) is 6.07 Å². The maximum atomic E-state index is 10.9. The summed E-state index contributed by atoms with van der Waals surface area (Å²) in [6, 6.07) is 5.05. The van der Waals surface area contributed by atoms with E-state index in [1.807, 2.05) is 5.43 Å². The summed E-state index contributed by atoms with van der Waals surface area (Å²) >= 11 is 0. The molecular formula is C10H8N4O4. The fourth-order valence-electron chi connectivity index (χ4n) is 1.10. The number of benzene rings is 1. The first-order chi connectivity index (χ1) is 8.54. The van der Waals surface area contributed by atoms with Gasteiger partial charge in [-0.1, -0.05) is 0 Å². The van der Waals surface area contributed by atoms with Crippen LogP contribution in [0.25, 0.3) is 0 Å². The zero-order valence-electron chi connectivity index (χ0n) is 9.03. The summed E-state index contributed by atoms with van der Waals surface area (Å²) in [5.74, 6) is -0.790. The number of carbonyl (C=O) groups excluding carboxylic acids is 1. The number of aromatic hydroxyl groups is 1. The quantitative estimate of drug-likeness (QED) is 0.459. The normalized spacial score (nSPS) is 9.94. The highest BCUT2D eigenvalue weighted by atomic mass is 16.6. The second kappa shape index (κ2) is 5.95. The smallest absolute Gasteiger partial charge is 0.278 e. The predicted molar refractivity (Wildman–Crippen MR) is 60.7 cm³/mol. The first-order valence-electron chi connectivity index (χ1n) is 4.71. The summed E-state index contributed by atoms with van der Waals surface area (Å²) < 4.78 is 0. The van der Waals surface area contributed by atoms with E-state index in [0.29, 0.717) is 0 Å². The van der Waals surface area contributed by atoms with Crippen LogP contribution in [0.3, 0.4) is 0 Å². The van der Waals surface area contributed by atoms with Crippen molar-refractivity contribution in [2.24, 2.45) is 5.10 Å². The van der Waals surface area contributed by atoms with Gasteiger partial charge in [-0.2, -0.15) is 10.4 Å². The Labute approximate surface area is 101 Å². The Morgan fingerprint density at radius 3 is 3.00 bits per heavy atom. The standard InChI is InChI=1S/C10H8N4O4/c11-4-3-10(16)13-12-6-7-5-8(15)1-2-9(7)14(17)18/h1-2,5-6,15H,3H2,(H,13,16)/b12-6+. The molecule has 18 heavy (non-hydrogen) atoms. The number of nitro groups is 1. The van der Waals surface area contributed by atoms with Crippen LogP contribution in [0, 0.1) is 21.4 Å². The molecule has 0 unspecified atom stereocenters. The van der Waals surface area contributed by atoms with Crippen LogP contribution < -0.4 is 5.43 Å². The lowest BCUT2D eigenvalue weighted by molar-refractivity contribution is -0.385. The number of hydrogen-bond donors (Lipinski definition) is 2. The molecule has 1 aromatic rings. The summed E-state index contributed by atoms with van der Waals surface area (Å²) in [7, 11) is 0. The van der Waals surface area contributed by atoms with Crippen molar-refractivity contribution in [2.75, 3.05) is 0 Å². The maximum Gasteiger partial charge on any atom is 0.278 e. The third-order valence-electron chi connectivity index (χ3n) is 1.84. The molecule has 0 aliphatic carbocycles. The minimum Gasteiger partial charge on any atom is -0.508 e. The molecule has 0 fully saturated rings. The van der Waals surface area contributed by atoms with Gasteiger partial charge in [0.2, 0.25) is 0 Å². The average Bonchev–Trinajstić information content (AvgIpc) is 2.29. The molecule has 2 N–H and O–H groups in total. The molecule has 1 rings (SSSR count). The highest BCUT2D eigenvalue weighted by Crippen LogP contribution is 2.21. The zero-order valence-corrected chi connectivity index (χ0v) is 9.03. The second-order valence-electron chi connectivity index (χ2n) is 3.13. The van der Waals surface area contributed by atoms with Crippen LogP contribution in [0.4, 0.5) is 5.69 Å². The highest BCUT2D eigenvalue weighted by molar-refractivity contribution is 5.87. The summed E-state index contributed by atoms with van der Waals surface area (Å²) in [5.41, 5.74) is 1.80. The number of nitrogens with zero attached hydrogens (tertiary/aromatic N) is 3. The molecule has 92 valence electrons. The van der Waals surface area contributed by atoms with Gasteiger partial charge in [0.15, 0.2) is 0 Å². The van der Waals surface area contributed by atoms with Gasteiger partial charge in [0.1, 0.15) is 12.2 Å². The van der Waals surface area contributed by atoms with Crippen LogP contribution in [0.5, 0.6) is 5.75 Å². The van der Waals surface area contributed by atoms with Crippen LogP contribution in [0.1, 0.15) is 12.0 Å². The van der Waals surface area contributed by atoms with Crippen molar-refractivity contribution >= 4 is 17.8 Å². The molecule has 8 nitrogen and oxygen atoms in total. The third kappa shape index (κ3) is 3.57. The molecule has 8 heteroatoms. The lowest BCUT2D eigenvalue weighted by Gasteiger charge is -1.98. The van der Waals surface area contributed by atoms with Gasteiger partial charge in [0.05, 0.1) is 22.8 Å². The number of rotatable bonds is 4. The Bertz CT molecular complexity index is 547. The topological polar surface area (TPSA) is 129 Å². The van der Waals surface area contributed by atoms with Gasteiger partial charge in [-0.15, -0.1) is 0 Å². The van der Waals surface area contributed by atoms with Crippen LogP contribution in [0.2, 0.25) is 0 Å². The lowest BCUT2D eigenvalue weighted by atomic mass is 10.2. The lowest BCUT2D eigenvalue weighted by Crippen LogP contribution is -2.16. The number of hydrogen-bond acceptors (Lipinski definition) is 6. The van der Waals surface area contributed by atoms with Crippen molar-refractivity contribution in [2.45, 2.75) is 6.42 Å². The Morgan fingerprint density at radius 2 is 2.39 bits per heavy atom. The van der Waals surface area contributed by atoms with E-state index in [4.69, 9.17) is 5.26 Å². The monoisotopic (exact) mass is 248 g/mol. The Kier molecular flexibility index (Phi) is 4.34. The van der Waals surface area contributed by atoms with Crippen LogP contribution in [-0.2, 0) is 4.79 Å². The van der Waals surface area contributed by atoms with Crippen molar-refractivity contribution in [1.29, 1.82) is 5.26 Å². The molecule has 1 amide bonds. The minimum atomic E-state index is -0.641. The van der Waals surface area contributed by atoms with Gasteiger partial charge in [-0.05, 0) is 12.1 Å². The Balaban J connectivity index is 2.86. The molecule has 0 heterocycles. The number of phenolic OH excluding ortho intramolecular Hbond substituents is 1. The summed E-state index contributed by atoms with van der Waals surface area (Å²) in [4.78, 5) is 20.9. The number of nitro benzene ring substituents is 1. The highest BCUT2D eigenvalue weighted by Gasteiger charge is 2.12. The first kappa shape index (κ1) is 13.1. The van der Waals surface area contributed by atoms with Crippen LogP contribution in [-0.4, -0.2) is 22.2 Å². The number of amides is 1. The van der Waals surface area contributed by atoms with Crippen LogP contribution >= 0.6 is 0 Å². The Hall–Kier alpha value is -2.95. The van der Waals surface area contributed by atoms with Crippen molar-refractivity contribution in [3.63, 3.8) is 0 Å². The zero-order chi connectivity index (χ0) is 13.5. The molecule has 0 aliphatic rings. The van der Waals surface area contributed by atoms with E-state index >= 15 is 0 Å². The third-order valence-corrected chi connectivity index (χ3v) is 1.84. The molecule has 0 saturated heterocycles. The summed E-state index contributed by atoms with van der Waals surface area (Å²) in [6.07, 6.45) is 0.659. The molecule has 0 aromatic heterocycles. The molecule has 0 aliphatic heterocycles. The summed E-state index contributed by atoms with van der Waals surface area (Å²) in [5, 5.41) is 31.5.